The van der Waals surface area contributed by atoms with Gasteiger partial charge in [0, 0.05) is 39.3 Å². The second-order valence-electron chi connectivity index (χ2n) is 5.51. The molecule has 0 radical (unpaired) electrons. The molecule has 5 heteroatoms. The number of nitrogens with two attached hydrogens (primary N) is 1. The van der Waals surface area contributed by atoms with Gasteiger partial charge >= 0.3 is 0 Å². The number of rotatable bonds is 6. The zero-order valence-corrected chi connectivity index (χ0v) is 12.4. The second-order valence-corrected chi connectivity index (χ2v) is 5.51. The predicted octanol–water partition coefficient (Wildman–Crippen LogP) is -0.0595. The molecule has 0 aliphatic carbocycles. The average Bonchev–Trinajstić information content (AvgIpc) is 2.54. The van der Waals surface area contributed by atoms with Gasteiger partial charge in [-0.15, -0.1) is 0 Å². The van der Waals surface area contributed by atoms with Gasteiger partial charge < -0.3 is 15.7 Å². The highest BCUT2D eigenvalue weighted by Crippen LogP contribution is 2.13. The molecule has 1 fully saturated rings. The van der Waals surface area contributed by atoms with E-state index in [0.717, 1.165) is 31.7 Å². The molecule has 1 heterocycles. The van der Waals surface area contributed by atoms with Crippen LogP contribution in [0.5, 0.6) is 0 Å². The van der Waals surface area contributed by atoms with E-state index in [1.54, 1.807) is 0 Å². The van der Waals surface area contributed by atoms with Gasteiger partial charge in [0.25, 0.3) is 0 Å². The summed E-state index contributed by atoms with van der Waals surface area (Å²) in [6, 6.07) is 10.0. The lowest BCUT2D eigenvalue weighted by Gasteiger charge is -2.36. The molecule has 5 nitrogen and oxygen atoms in total. The van der Waals surface area contributed by atoms with Gasteiger partial charge in [0.15, 0.2) is 0 Å². The molecule has 21 heavy (non-hydrogen) atoms. The van der Waals surface area contributed by atoms with Crippen LogP contribution in [0.3, 0.4) is 0 Å². The summed E-state index contributed by atoms with van der Waals surface area (Å²) < 4.78 is 0. The van der Waals surface area contributed by atoms with Crippen LogP contribution >= 0.6 is 0 Å². The molecular formula is C16H25N3O2. The molecule has 1 amide bonds. The highest BCUT2D eigenvalue weighted by atomic mass is 16.3. The van der Waals surface area contributed by atoms with Crippen molar-refractivity contribution in [2.75, 3.05) is 45.9 Å². The standard InChI is InChI=1S/C16H25N3O2/c17-13-15(12-14-4-2-1-3-5-14)16(21)19-8-6-18(7-9-19)10-11-20/h1-5,15,20H,6-13,17H2. The molecule has 1 aromatic rings. The van der Waals surface area contributed by atoms with Gasteiger partial charge in [0.2, 0.25) is 5.91 Å². The van der Waals surface area contributed by atoms with Crippen LogP contribution in [0.4, 0.5) is 0 Å². The summed E-state index contributed by atoms with van der Waals surface area (Å²) in [6.45, 7) is 4.35. The largest absolute Gasteiger partial charge is 0.395 e. The van der Waals surface area contributed by atoms with Crippen molar-refractivity contribution in [1.29, 1.82) is 0 Å². The number of β-amino-alcohol motifs (C(OH)–C–C–N with tert-alkyl or cyclic N) is 1. The van der Waals surface area contributed by atoms with Crippen molar-refractivity contribution < 1.29 is 9.90 Å². The van der Waals surface area contributed by atoms with Gasteiger partial charge in [-0.1, -0.05) is 30.3 Å². The summed E-state index contributed by atoms with van der Waals surface area (Å²) in [6.07, 6.45) is 0.701. The van der Waals surface area contributed by atoms with E-state index in [0.29, 0.717) is 19.5 Å². The van der Waals surface area contributed by atoms with Crippen LogP contribution in [0.25, 0.3) is 0 Å². The normalized spacial score (nSPS) is 17.7. The molecule has 0 saturated carbocycles. The summed E-state index contributed by atoms with van der Waals surface area (Å²) in [4.78, 5) is 16.7. The Bertz CT molecular complexity index is 430. The zero-order chi connectivity index (χ0) is 15.1. The summed E-state index contributed by atoms with van der Waals surface area (Å²) in [7, 11) is 0. The lowest BCUT2D eigenvalue weighted by atomic mass is 9.97. The van der Waals surface area contributed by atoms with Crippen molar-refractivity contribution in [1.82, 2.24) is 9.80 Å². The molecule has 3 N–H and O–H groups in total. The van der Waals surface area contributed by atoms with Gasteiger partial charge in [-0.05, 0) is 12.0 Å². The summed E-state index contributed by atoms with van der Waals surface area (Å²) in [5.41, 5.74) is 6.97. The highest BCUT2D eigenvalue weighted by Gasteiger charge is 2.26. The molecule has 1 unspecified atom stereocenters. The van der Waals surface area contributed by atoms with Gasteiger partial charge in [-0.25, -0.2) is 0 Å². The van der Waals surface area contributed by atoms with Crippen LogP contribution in [-0.4, -0.2) is 66.7 Å². The molecular weight excluding hydrogens is 266 g/mol. The Hall–Kier alpha value is -1.43. The van der Waals surface area contributed by atoms with E-state index in [1.165, 1.54) is 0 Å². The molecule has 0 spiro atoms. The minimum absolute atomic E-state index is 0.142. The summed E-state index contributed by atoms with van der Waals surface area (Å²) >= 11 is 0. The fourth-order valence-electron chi connectivity index (χ4n) is 2.76. The third-order valence-electron chi connectivity index (χ3n) is 4.06. The van der Waals surface area contributed by atoms with Gasteiger partial charge in [-0.2, -0.15) is 0 Å². The third kappa shape index (κ3) is 4.52. The first kappa shape index (κ1) is 15.9. The minimum atomic E-state index is -0.142. The maximum atomic E-state index is 12.6. The van der Waals surface area contributed by atoms with Crippen LogP contribution in [-0.2, 0) is 11.2 Å². The first-order valence-electron chi connectivity index (χ1n) is 7.60. The molecule has 1 aromatic carbocycles. The molecule has 0 bridgehead atoms. The maximum absolute atomic E-state index is 12.6. The Morgan fingerprint density at radius 3 is 2.43 bits per heavy atom. The van der Waals surface area contributed by atoms with E-state index >= 15 is 0 Å². The minimum Gasteiger partial charge on any atom is -0.395 e. The van der Waals surface area contributed by atoms with Gasteiger partial charge in [-0.3, -0.25) is 9.69 Å². The van der Waals surface area contributed by atoms with E-state index in [4.69, 9.17) is 10.8 Å². The van der Waals surface area contributed by atoms with Crippen LogP contribution in [0.2, 0.25) is 0 Å². The van der Waals surface area contributed by atoms with Crippen molar-refractivity contribution in [3.05, 3.63) is 35.9 Å². The smallest absolute Gasteiger partial charge is 0.227 e. The maximum Gasteiger partial charge on any atom is 0.227 e. The van der Waals surface area contributed by atoms with Crippen molar-refractivity contribution in [2.24, 2.45) is 11.7 Å². The Kier molecular flexibility index (Phi) is 6.17. The van der Waals surface area contributed by atoms with Gasteiger partial charge in [0.05, 0.1) is 12.5 Å². The molecule has 1 saturated heterocycles. The molecule has 2 rings (SSSR count). The SMILES string of the molecule is NCC(Cc1ccccc1)C(=O)N1CCN(CCO)CC1. The second kappa shape index (κ2) is 8.12. The van der Waals surface area contributed by atoms with Crippen LogP contribution < -0.4 is 5.73 Å². The van der Waals surface area contributed by atoms with Crippen LogP contribution in [0.15, 0.2) is 30.3 Å². The van der Waals surface area contributed by atoms with E-state index < -0.39 is 0 Å². The van der Waals surface area contributed by atoms with Crippen LogP contribution in [0, 0.1) is 5.92 Å². The number of aliphatic hydroxyl groups is 1. The number of hydrogen-bond donors (Lipinski definition) is 2. The van der Waals surface area contributed by atoms with Crippen molar-refractivity contribution in [2.45, 2.75) is 6.42 Å². The molecule has 0 aromatic heterocycles. The number of hydrogen-bond acceptors (Lipinski definition) is 4. The lowest BCUT2D eigenvalue weighted by molar-refractivity contribution is -0.137. The number of nitrogens with zero attached hydrogens (tertiary/aromatic N) is 2. The molecule has 116 valence electrons. The first-order valence-corrected chi connectivity index (χ1v) is 7.60. The monoisotopic (exact) mass is 291 g/mol. The summed E-state index contributed by atoms with van der Waals surface area (Å²) in [5.74, 6) is 0.0155. The number of carbonyl (C=O) groups excluding carboxylic acids is 1. The Labute approximate surface area is 126 Å². The van der Waals surface area contributed by atoms with Gasteiger partial charge in [0.1, 0.15) is 0 Å². The first-order chi connectivity index (χ1) is 10.2. The third-order valence-corrected chi connectivity index (χ3v) is 4.06. The number of amides is 1. The Morgan fingerprint density at radius 1 is 1.19 bits per heavy atom. The molecule has 1 atom stereocenters. The van der Waals surface area contributed by atoms with E-state index in [9.17, 15) is 4.79 Å². The molecule has 1 aliphatic rings. The number of benzene rings is 1. The quantitative estimate of drug-likeness (QED) is 0.770. The Balaban J connectivity index is 1.89. The van der Waals surface area contributed by atoms with Crippen molar-refractivity contribution in [3.63, 3.8) is 0 Å². The zero-order valence-electron chi connectivity index (χ0n) is 12.4. The predicted molar refractivity (Wildman–Crippen MR) is 82.8 cm³/mol. The van der Waals surface area contributed by atoms with E-state index in [2.05, 4.69) is 4.90 Å². The van der Waals surface area contributed by atoms with Crippen molar-refractivity contribution in [3.8, 4) is 0 Å². The van der Waals surface area contributed by atoms with Crippen LogP contribution in [0.1, 0.15) is 5.56 Å². The topological polar surface area (TPSA) is 69.8 Å². The average molecular weight is 291 g/mol. The Morgan fingerprint density at radius 2 is 1.86 bits per heavy atom. The van der Waals surface area contributed by atoms with E-state index in [-0.39, 0.29) is 18.4 Å². The summed E-state index contributed by atoms with van der Waals surface area (Å²) in [5, 5.41) is 8.95. The fourth-order valence-corrected chi connectivity index (χ4v) is 2.76. The highest BCUT2D eigenvalue weighted by molar-refractivity contribution is 5.79. The lowest BCUT2D eigenvalue weighted by Crippen LogP contribution is -2.51. The fraction of sp³-hybridized carbons (Fsp3) is 0.562. The molecule has 1 aliphatic heterocycles. The number of carbonyl (C=O) groups is 1. The number of aliphatic hydroxyl groups excluding tert-OH is 1. The number of piperazine rings is 1. The van der Waals surface area contributed by atoms with E-state index in [1.807, 2.05) is 35.2 Å². The van der Waals surface area contributed by atoms with Crippen molar-refractivity contribution >= 4 is 5.91 Å².